The van der Waals surface area contributed by atoms with Crippen LogP contribution in [0.15, 0.2) is 48.6 Å². The van der Waals surface area contributed by atoms with E-state index in [1.54, 1.807) is 30.3 Å². The van der Waals surface area contributed by atoms with Crippen molar-refractivity contribution < 1.29 is 26.0 Å². The molecule has 1 aromatic carbocycles. The maximum atomic E-state index is 15.5. The van der Waals surface area contributed by atoms with Gasteiger partial charge in [0.2, 0.25) is 10.0 Å². The van der Waals surface area contributed by atoms with E-state index >= 15 is 8.78 Å². The van der Waals surface area contributed by atoms with Gasteiger partial charge in [-0.05, 0) is 24.1 Å². The molecule has 1 heterocycles. The van der Waals surface area contributed by atoms with E-state index < -0.39 is 52.8 Å². The molecule has 2 N–H and O–H groups in total. The minimum absolute atomic E-state index is 0.112. The lowest BCUT2D eigenvalue weighted by Crippen LogP contribution is -2.54. The van der Waals surface area contributed by atoms with Gasteiger partial charge in [0, 0.05) is 12.5 Å². The average Bonchev–Trinajstić information content (AvgIpc) is 2.92. The molecule has 2 unspecified atom stereocenters. The highest BCUT2D eigenvalue weighted by Crippen LogP contribution is 2.41. The molecule has 0 spiro atoms. The Bertz CT molecular complexity index is 873. The summed E-state index contributed by atoms with van der Waals surface area (Å²) in [5.74, 6) is -3.80. The fourth-order valence-corrected chi connectivity index (χ4v) is 4.44. The standard InChI is InChI=1S/C19H22F4N2O2S/c1-2-28(26,27)25-17-15(24-12-19(17,22)23)11-18(21)10-6-9-14(16(18)20)13-7-4-3-5-8-13/h3-10,15-17,24-25H,2,11-12H2,1H3/t15-,16?,17+,18?/m0/s1. The summed E-state index contributed by atoms with van der Waals surface area (Å²) >= 11 is 0. The minimum atomic E-state index is -3.95. The predicted octanol–water partition coefficient (Wildman–Crippen LogP) is 2.99. The first-order valence-electron chi connectivity index (χ1n) is 8.97. The third-order valence-electron chi connectivity index (χ3n) is 5.13. The van der Waals surface area contributed by atoms with Crippen molar-refractivity contribution >= 4 is 15.6 Å². The van der Waals surface area contributed by atoms with Crippen LogP contribution in [0.5, 0.6) is 0 Å². The highest BCUT2D eigenvalue weighted by molar-refractivity contribution is 7.89. The second-order valence-electron chi connectivity index (χ2n) is 7.09. The molecular weight excluding hydrogens is 396 g/mol. The van der Waals surface area contributed by atoms with Gasteiger partial charge >= 0.3 is 0 Å². The van der Waals surface area contributed by atoms with Gasteiger partial charge in [-0.15, -0.1) is 0 Å². The first kappa shape index (κ1) is 21.0. The van der Waals surface area contributed by atoms with E-state index in [4.69, 9.17) is 0 Å². The van der Waals surface area contributed by atoms with Crippen LogP contribution in [0, 0.1) is 0 Å². The van der Waals surface area contributed by atoms with Crippen molar-refractivity contribution in [2.75, 3.05) is 12.3 Å². The summed E-state index contributed by atoms with van der Waals surface area (Å²) in [7, 11) is -3.95. The summed E-state index contributed by atoms with van der Waals surface area (Å²) in [4.78, 5) is 0. The molecule has 2 aliphatic rings. The Kier molecular flexibility index (Phi) is 5.71. The molecule has 154 valence electrons. The van der Waals surface area contributed by atoms with Gasteiger partial charge in [-0.1, -0.05) is 42.5 Å². The van der Waals surface area contributed by atoms with Gasteiger partial charge in [-0.3, -0.25) is 0 Å². The van der Waals surface area contributed by atoms with Gasteiger partial charge in [0.05, 0.1) is 12.3 Å². The third kappa shape index (κ3) is 4.16. The summed E-state index contributed by atoms with van der Waals surface area (Å²) < 4.78 is 84.6. The molecule has 4 atom stereocenters. The monoisotopic (exact) mass is 418 g/mol. The summed E-state index contributed by atoms with van der Waals surface area (Å²) in [6.07, 6.45) is 1.11. The van der Waals surface area contributed by atoms with E-state index in [2.05, 4.69) is 5.32 Å². The van der Waals surface area contributed by atoms with Gasteiger partial charge in [-0.25, -0.2) is 30.7 Å². The minimum Gasteiger partial charge on any atom is -0.306 e. The predicted molar refractivity (Wildman–Crippen MR) is 100 cm³/mol. The highest BCUT2D eigenvalue weighted by Gasteiger charge is 2.55. The summed E-state index contributed by atoms with van der Waals surface area (Å²) in [6, 6.07) is 5.28. The van der Waals surface area contributed by atoms with Crippen molar-refractivity contribution in [1.82, 2.24) is 10.0 Å². The molecule has 1 saturated heterocycles. The Morgan fingerprint density at radius 2 is 1.89 bits per heavy atom. The van der Waals surface area contributed by atoms with Crippen LogP contribution in [0.2, 0.25) is 0 Å². The summed E-state index contributed by atoms with van der Waals surface area (Å²) in [6.45, 7) is 0.500. The summed E-state index contributed by atoms with van der Waals surface area (Å²) in [5.41, 5.74) is -1.94. The van der Waals surface area contributed by atoms with Crippen LogP contribution in [-0.2, 0) is 10.0 Å². The van der Waals surface area contributed by atoms with E-state index in [-0.39, 0.29) is 11.3 Å². The lowest BCUT2D eigenvalue weighted by Gasteiger charge is -2.34. The highest BCUT2D eigenvalue weighted by atomic mass is 32.2. The first-order valence-corrected chi connectivity index (χ1v) is 10.6. The van der Waals surface area contributed by atoms with Gasteiger partial charge in [0.25, 0.3) is 5.92 Å². The van der Waals surface area contributed by atoms with Crippen LogP contribution in [0.25, 0.3) is 5.57 Å². The normalized spacial score (nSPS) is 32.3. The largest absolute Gasteiger partial charge is 0.306 e. The number of hydrogen-bond acceptors (Lipinski definition) is 3. The van der Waals surface area contributed by atoms with Crippen molar-refractivity contribution in [3.05, 3.63) is 54.1 Å². The van der Waals surface area contributed by atoms with Crippen molar-refractivity contribution in [3.63, 3.8) is 0 Å². The molecule has 0 aromatic heterocycles. The molecule has 1 aromatic rings. The van der Waals surface area contributed by atoms with Crippen molar-refractivity contribution in [2.24, 2.45) is 0 Å². The van der Waals surface area contributed by atoms with Crippen molar-refractivity contribution in [2.45, 2.75) is 43.2 Å². The van der Waals surface area contributed by atoms with Gasteiger partial charge in [-0.2, -0.15) is 0 Å². The number of rotatable bonds is 6. The molecule has 0 radical (unpaired) electrons. The molecule has 0 bridgehead atoms. The molecular formula is C19H22F4N2O2S. The van der Waals surface area contributed by atoms with Crippen LogP contribution in [0.1, 0.15) is 18.9 Å². The van der Waals surface area contributed by atoms with E-state index in [9.17, 15) is 17.2 Å². The third-order valence-corrected chi connectivity index (χ3v) is 6.50. The van der Waals surface area contributed by atoms with Crippen LogP contribution in [0.4, 0.5) is 17.6 Å². The zero-order valence-electron chi connectivity index (χ0n) is 15.2. The smallest absolute Gasteiger partial charge is 0.277 e. The topological polar surface area (TPSA) is 58.2 Å². The second kappa shape index (κ2) is 7.61. The molecule has 3 rings (SSSR count). The lowest BCUT2D eigenvalue weighted by atomic mass is 9.81. The molecule has 1 aliphatic heterocycles. The number of allylic oxidation sites excluding steroid dienone is 4. The quantitative estimate of drug-likeness (QED) is 0.699. The SMILES string of the molecule is CCS(=O)(=O)N[C@@H]1[C@H](CC2(F)C=CC=C(c3ccccc3)C2F)NCC1(F)F. The number of halogens is 4. The van der Waals surface area contributed by atoms with Crippen LogP contribution < -0.4 is 10.0 Å². The maximum Gasteiger partial charge on any atom is 0.277 e. The lowest BCUT2D eigenvalue weighted by molar-refractivity contribution is -0.00446. The van der Waals surface area contributed by atoms with Crippen LogP contribution in [-0.4, -0.2) is 50.6 Å². The summed E-state index contributed by atoms with van der Waals surface area (Å²) in [5, 5.41) is 2.45. The van der Waals surface area contributed by atoms with Crippen molar-refractivity contribution in [3.8, 4) is 0 Å². The maximum absolute atomic E-state index is 15.5. The Hall–Kier alpha value is -1.71. The van der Waals surface area contributed by atoms with E-state index in [0.717, 1.165) is 6.08 Å². The van der Waals surface area contributed by atoms with E-state index in [1.807, 2.05) is 4.72 Å². The Morgan fingerprint density at radius 3 is 2.54 bits per heavy atom. The number of nitrogens with one attached hydrogen (secondary N) is 2. The molecule has 0 amide bonds. The average molecular weight is 418 g/mol. The van der Waals surface area contributed by atoms with Gasteiger partial charge < -0.3 is 5.32 Å². The number of sulfonamides is 1. The zero-order chi connectivity index (χ0) is 20.6. The fraction of sp³-hybridized carbons (Fsp3) is 0.474. The Labute approximate surface area is 161 Å². The molecule has 1 fully saturated rings. The van der Waals surface area contributed by atoms with Gasteiger partial charge in [0.1, 0.15) is 6.04 Å². The van der Waals surface area contributed by atoms with Crippen LogP contribution >= 0.6 is 0 Å². The zero-order valence-corrected chi connectivity index (χ0v) is 16.0. The van der Waals surface area contributed by atoms with Crippen LogP contribution in [0.3, 0.4) is 0 Å². The molecule has 4 nitrogen and oxygen atoms in total. The molecule has 1 aliphatic carbocycles. The second-order valence-corrected chi connectivity index (χ2v) is 9.13. The molecule has 28 heavy (non-hydrogen) atoms. The molecule has 9 heteroatoms. The van der Waals surface area contributed by atoms with E-state index in [1.165, 1.54) is 19.1 Å². The number of hydrogen-bond donors (Lipinski definition) is 2. The Morgan fingerprint density at radius 1 is 1.21 bits per heavy atom. The van der Waals surface area contributed by atoms with E-state index in [0.29, 0.717) is 5.56 Å². The Balaban J connectivity index is 1.83. The fourth-order valence-electron chi connectivity index (χ4n) is 3.55. The number of benzene rings is 1. The molecule has 0 saturated carbocycles. The van der Waals surface area contributed by atoms with Crippen molar-refractivity contribution in [1.29, 1.82) is 0 Å². The van der Waals surface area contributed by atoms with Gasteiger partial charge in [0.15, 0.2) is 11.8 Å². The number of alkyl halides is 4. The first-order chi connectivity index (χ1) is 13.1.